The summed E-state index contributed by atoms with van der Waals surface area (Å²) in [5.74, 6) is 0.637. The number of nitrogens with zero attached hydrogens (tertiary/aromatic N) is 1. The molecular weight excluding hydrogens is 328 g/mol. The molecule has 0 aliphatic carbocycles. The Kier molecular flexibility index (Phi) is 5.25. The molecule has 1 N–H and O–H groups in total. The standard InChI is InChI=1S/C14H18BrClN2O/c1-17-8-10-3-2-6-18(9-10)14(19)12-5-4-11(16)7-13(12)15/h4-5,7,10,17H,2-3,6,8-9H2,1H3/t10-/m0/s1. The third-order valence-electron chi connectivity index (χ3n) is 3.46. The monoisotopic (exact) mass is 344 g/mol. The number of carbonyl (C=O) groups is 1. The Hall–Kier alpha value is -0.580. The van der Waals surface area contributed by atoms with Crippen molar-refractivity contribution in [3.05, 3.63) is 33.3 Å². The third kappa shape index (κ3) is 3.71. The Bertz CT molecular complexity index is 465. The van der Waals surface area contributed by atoms with E-state index in [1.165, 1.54) is 6.42 Å². The second kappa shape index (κ2) is 6.73. The number of benzene rings is 1. The maximum absolute atomic E-state index is 12.5. The van der Waals surface area contributed by atoms with Gasteiger partial charge in [0.2, 0.25) is 0 Å². The van der Waals surface area contributed by atoms with Gasteiger partial charge in [0.05, 0.1) is 5.56 Å². The van der Waals surface area contributed by atoms with E-state index in [-0.39, 0.29) is 5.91 Å². The highest BCUT2D eigenvalue weighted by molar-refractivity contribution is 9.10. The predicted molar refractivity (Wildman–Crippen MR) is 81.7 cm³/mol. The minimum atomic E-state index is 0.0874. The SMILES string of the molecule is CNC[C@@H]1CCCN(C(=O)c2ccc(Cl)cc2Br)C1. The molecule has 1 fully saturated rings. The zero-order chi connectivity index (χ0) is 13.8. The molecule has 3 nitrogen and oxygen atoms in total. The van der Waals surface area contributed by atoms with Crippen molar-refractivity contribution in [3.63, 3.8) is 0 Å². The third-order valence-corrected chi connectivity index (χ3v) is 4.35. The second-order valence-corrected chi connectivity index (χ2v) is 6.23. The van der Waals surface area contributed by atoms with E-state index in [4.69, 9.17) is 11.6 Å². The van der Waals surface area contributed by atoms with Crippen molar-refractivity contribution in [1.29, 1.82) is 0 Å². The van der Waals surface area contributed by atoms with E-state index in [9.17, 15) is 4.79 Å². The highest BCUT2D eigenvalue weighted by Gasteiger charge is 2.25. The normalized spacial score (nSPS) is 19.5. The number of nitrogens with one attached hydrogen (secondary N) is 1. The number of halogens is 2. The molecule has 0 radical (unpaired) electrons. The van der Waals surface area contributed by atoms with Crippen LogP contribution in [0.3, 0.4) is 0 Å². The minimum absolute atomic E-state index is 0.0874. The summed E-state index contributed by atoms with van der Waals surface area (Å²) >= 11 is 9.32. The van der Waals surface area contributed by atoms with Crippen LogP contribution in [0.5, 0.6) is 0 Å². The van der Waals surface area contributed by atoms with Crippen LogP contribution in [0.1, 0.15) is 23.2 Å². The van der Waals surface area contributed by atoms with Crippen LogP contribution in [0.2, 0.25) is 5.02 Å². The number of hydrogen-bond acceptors (Lipinski definition) is 2. The van der Waals surface area contributed by atoms with Gasteiger partial charge in [0.15, 0.2) is 0 Å². The first-order valence-corrected chi connectivity index (χ1v) is 7.68. The Morgan fingerprint density at radius 2 is 2.37 bits per heavy atom. The lowest BCUT2D eigenvalue weighted by atomic mass is 9.97. The fourth-order valence-electron chi connectivity index (χ4n) is 2.54. The Morgan fingerprint density at radius 3 is 3.05 bits per heavy atom. The van der Waals surface area contributed by atoms with Gasteiger partial charge in [0, 0.05) is 22.6 Å². The summed E-state index contributed by atoms with van der Waals surface area (Å²) in [6.45, 7) is 2.63. The molecule has 1 aliphatic heterocycles. The largest absolute Gasteiger partial charge is 0.338 e. The van der Waals surface area contributed by atoms with E-state index in [1.54, 1.807) is 18.2 Å². The fourth-order valence-corrected chi connectivity index (χ4v) is 3.39. The Balaban J connectivity index is 2.10. The molecule has 104 valence electrons. The van der Waals surface area contributed by atoms with Crippen molar-refractivity contribution in [2.24, 2.45) is 5.92 Å². The molecule has 1 aromatic carbocycles. The first-order chi connectivity index (χ1) is 9.11. The highest BCUT2D eigenvalue weighted by Crippen LogP contribution is 2.25. The van der Waals surface area contributed by atoms with Crippen molar-refractivity contribution in [1.82, 2.24) is 10.2 Å². The molecule has 1 heterocycles. The number of rotatable bonds is 3. The molecule has 1 amide bonds. The van der Waals surface area contributed by atoms with E-state index in [0.29, 0.717) is 16.5 Å². The molecule has 0 saturated carbocycles. The number of likely N-dealkylation sites (tertiary alicyclic amines) is 1. The molecule has 1 aromatic rings. The molecule has 1 saturated heterocycles. The van der Waals surface area contributed by atoms with Crippen LogP contribution >= 0.6 is 27.5 Å². The lowest BCUT2D eigenvalue weighted by Crippen LogP contribution is -2.42. The first kappa shape index (κ1) is 14.8. The number of piperidine rings is 1. The number of amides is 1. The molecule has 19 heavy (non-hydrogen) atoms. The van der Waals surface area contributed by atoms with Crippen LogP contribution in [0.15, 0.2) is 22.7 Å². The molecule has 0 spiro atoms. The van der Waals surface area contributed by atoms with Crippen LogP contribution in [0.25, 0.3) is 0 Å². The summed E-state index contributed by atoms with van der Waals surface area (Å²) in [4.78, 5) is 14.5. The van der Waals surface area contributed by atoms with E-state index in [2.05, 4.69) is 21.2 Å². The van der Waals surface area contributed by atoms with Crippen LogP contribution in [-0.2, 0) is 0 Å². The predicted octanol–water partition coefficient (Wildman–Crippen LogP) is 3.17. The summed E-state index contributed by atoms with van der Waals surface area (Å²) in [7, 11) is 1.95. The summed E-state index contributed by atoms with van der Waals surface area (Å²) in [5.41, 5.74) is 0.689. The molecule has 2 rings (SSSR count). The molecule has 0 aromatic heterocycles. The van der Waals surface area contributed by atoms with Crippen molar-refractivity contribution in [2.75, 3.05) is 26.7 Å². The van der Waals surface area contributed by atoms with Gasteiger partial charge in [-0.05, 0) is 66.5 Å². The number of carbonyl (C=O) groups excluding carboxylic acids is 1. The van der Waals surface area contributed by atoms with Crippen molar-refractivity contribution in [3.8, 4) is 0 Å². The molecular formula is C14H18BrClN2O. The van der Waals surface area contributed by atoms with E-state index >= 15 is 0 Å². The Morgan fingerprint density at radius 1 is 1.58 bits per heavy atom. The maximum Gasteiger partial charge on any atom is 0.255 e. The molecule has 1 aliphatic rings. The molecule has 0 unspecified atom stereocenters. The second-order valence-electron chi connectivity index (χ2n) is 4.94. The highest BCUT2D eigenvalue weighted by atomic mass is 79.9. The van der Waals surface area contributed by atoms with E-state index in [1.807, 2.05) is 11.9 Å². The summed E-state index contributed by atoms with van der Waals surface area (Å²) < 4.78 is 0.765. The average molecular weight is 346 g/mol. The lowest BCUT2D eigenvalue weighted by Gasteiger charge is -2.33. The van der Waals surface area contributed by atoms with Crippen LogP contribution < -0.4 is 5.32 Å². The summed E-state index contributed by atoms with van der Waals surface area (Å²) in [6.07, 6.45) is 2.26. The number of hydrogen-bond donors (Lipinski definition) is 1. The summed E-state index contributed by atoms with van der Waals surface area (Å²) in [5, 5.41) is 3.83. The van der Waals surface area contributed by atoms with Crippen molar-refractivity contribution in [2.45, 2.75) is 12.8 Å². The quantitative estimate of drug-likeness (QED) is 0.912. The van der Waals surface area contributed by atoms with Gasteiger partial charge in [-0.1, -0.05) is 11.6 Å². The van der Waals surface area contributed by atoms with Crippen LogP contribution in [0, 0.1) is 5.92 Å². The Labute approximate surface area is 127 Å². The smallest absolute Gasteiger partial charge is 0.255 e. The van der Waals surface area contributed by atoms with E-state index in [0.717, 1.165) is 30.5 Å². The zero-order valence-corrected chi connectivity index (χ0v) is 13.3. The van der Waals surface area contributed by atoms with Gasteiger partial charge in [-0.3, -0.25) is 4.79 Å². The van der Waals surface area contributed by atoms with Gasteiger partial charge in [0.1, 0.15) is 0 Å². The summed E-state index contributed by atoms with van der Waals surface area (Å²) in [6, 6.07) is 5.31. The fraction of sp³-hybridized carbons (Fsp3) is 0.500. The molecule has 0 bridgehead atoms. The van der Waals surface area contributed by atoms with Crippen LogP contribution in [-0.4, -0.2) is 37.5 Å². The minimum Gasteiger partial charge on any atom is -0.338 e. The first-order valence-electron chi connectivity index (χ1n) is 6.50. The van der Waals surface area contributed by atoms with Crippen LogP contribution in [0.4, 0.5) is 0 Å². The van der Waals surface area contributed by atoms with Gasteiger partial charge in [-0.25, -0.2) is 0 Å². The van der Waals surface area contributed by atoms with Crippen molar-refractivity contribution >= 4 is 33.4 Å². The average Bonchev–Trinajstić information content (AvgIpc) is 2.39. The topological polar surface area (TPSA) is 32.3 Å². The van der Waals surface area contributed by atoms with Crippen molar-refractivity contribution < 1.29 is 4.79 Å². The lowest BCUT2D eigenvalue weighted by molar-refractivity contribution is 0.0673. The van der Waals surface area contributed by atoms with Gasteiger partial charge in [0.25, 0.3) is 5.91 Å². The van der Waals surface area contributed by atoms with E-state index < -0.39 is 0 Å². The van der Waals surface area contributed by atoms with Gasteiger partial charge in [-0.15, -0.1) is 0 Å². The molecule has 5 heteroatoms. The zero-order valence-electron chi connectivity index (χ0n) is 11.0. The molecule has 1 atom stereocenters. The van der Waals surface area contributed by atoms with Gasteiger partial charge < -0.3 is 10.2 Å². The van der Waals surface area contributed by atoms with Gasteiger partial charge >= 0.3 is 0 Å². The maximum atomic E-state index is 12.5. The van der Waals surface area contributed by atoms with Gasteiger partial charge in [-0.2, -0.15) is 0 Å².